The molecule has 2 aliphatic heterocycles. The van der Waals surface area contributed by atoms with Gasteiger partial charge in [0.2, 0.25) is 5.91 Å². The number of hydrogen-bond acceptors (Lipinski definition) is 1. The van der Waals surface area contributed by atoms with Crippen molar-refractivity contribution in [2.24, 2.45) is 0 Å². The van der Waals surface area contributed by atoms with E-state index in [0.29, 0.717) is 12.1 Å². The molecule has 2 aliphatic rings. The van der Waals surface area contributed by atoms with Crippen molar-refractivity contribution in [3.8, 4) is 0 Å². The molecule has 0 radical (unpaired) electrons. The van der Waals surface area contributed by atoms with Gasteiger partial charge in [-0.05, 0) is 6.42 Å². The van der Waals surface area contributed by atoms with Crippen LogP contribution in [0.5, 0.6) is 0 Å². The summed E-state index contributed by atoms with van der Waals surface area (Å²) in [5.74, 6) is 0.251. The molecule has 2 rings (SSSR count). The minimum absolute atomic E-state index is 0.251. The summed E-state index contributed by atoms with van der Waals surface area (Å²) in [5.41, 5.74) is 0. The largest absolute Gasteiger partial charge is 0.350 e. The molecule has 0 aliphatic carbocycles. The van der Waals surface area contributed by atoms with Crippen molar-refractivity contribution in [3.63, 3.8) is 0 Å². The van der Waals surface area contributed by atoms with E-state index < -0.39 is 0 Å². The second-order valence-corrected chi connectivity index (χ2v) is 4.88. The van der Waals surface area contributed by atoms with Crippen LogP contribution in [-0.2, 0) is 4.79 Å². The maximum Gasteiger partial charge on any atom is 0.226 e. The zero-order valence-electron chi connectivity index (χ0n) is 8.55. The Balaban J connectivity index is 2.24. The Morgan fingerprint density at radius 2 is 2.00 bits per heavy atom. The first kappa shape index (κ1) is 9.00. The van der Waals surface area contributed by atoms with Gasteiger partial charge >= 0.3 is 0 Å². The maximum absolute atomic E-state index is 11.4. The number of nitrogens with zero attached hydrogens (tertiary/aromatic N) is 1. The van der Waals surface area contributed by atoms with E-state index in [1.54, 1.807) is 0 Å². The Labute approximate surface area is 79.7 Å². The zero-order chi connectivity index (χ0) is 9.47. The van der Waals surface area contributed by atoms with Gasteiger partial charge in [-0.1, -0.05) is 0 Å². The van der Waals surface area contributed by atoms with Gasteiger partial charge in [-0.2, -0.15) is 0 Å². The summed E-state index contributed by atoms with van der Waals surface area (Å²) in [7, 11) is 4.55. The van der Waals surface area contributed by atoms with E-state index >= 15 is 0 Å². The van der Waals surface area contributed by atoms with Crippen molar-refractivity contribution in [2.75, 3.05) is 20.6 Å². The highest BCUT2D eigenvalue weighted by Crippen LogP contribution is 2.30. The fourth-order valence-electron chi connectivity index (χ4n) is 2.75. The summed E-state index contributed by atoms with van der Waals surface area (Å²) in [6.45, 7) is 0.877. The first-order chi connectivity index (χ1) is 6.10. The monoisotopic (exact) mass is 183 g/mol. The molecule has 0 aromatic carbocycles. The Hall–Kier alpha value is -0.570. The summed E-state index contributed by atoms with van der Waals surface area (Å²) in [4.78, 5) is 11.4. The molecule has 1 amide bonds. The van der Waals surface area contributed by atoms with Gasteiger partial charge in [0.15, 0.2) is 0 Å². The molecule has 2 heterocycles. The van der Waals surface area contributed by atoms with Gasteiger partial charge < -0.3 is 9.80 Å². The summed E-state index contributed by atoms with van der Waals surface area (Å²) < 4.78 is 1.04. The van der Waals surface area contributed by atoms with Crippen LogP contribution in [0.2, 0.25) is 0 Å². The molecule has 1 N–H and O–H groups in total. The average Bonchev–Trinajstić information content (AvgIpc) is 2.17. The molecule has 2 saturated heterocycles. The normalized spacial score (nSPS) is 37.8. The number of piperidine rings is 1. The van der Waals surface area contributed by atoms with Gasteiger partial charge in [0.1, 0.15) is 6.04 Å². The molecule has 2 bridgehead atoms. The third-order valence-electron chi connectivity index (χ3n) is 3.91. The minimum atomic E-state index is 0.251. The summed E-state index contributed by atoms with van der Waals surface area (Å²) in [6, 6.07) is 1.20. The van der Waals surface area contributed by atoms with Crippen LogP contribution in [0.1, 0.15) is 25.7 Å². The smallest absolute Gasteiger partial charge is 0.226 e. The number of fused-ring (bicyclic) bond motifs is 2. The molecule has 3 heteroatoms. The number of rotatable bonds is 0. The predicted molar refractivity (Wildman–Crippen MR) is 51.2 cm³/mol. The Morgan fingerprint density at radius 1 is 1.31 bits per heavy atom. The van der Waals surface area contributed by atoms with Crippen LogP contribution in [0.4, 0.5) is 0 Å². The average molecular weight is 183 g/mol. The van der Waals surface area contributed by atoms with E-state index in [-0.39, 0.29) is 5.91 Å². The highest BCUT2D eigenvalue weighted by atomic mass is 16.1. The van der Waals surface area contributed by atoms with E-state index in [1.165, 1.54) is 19.3 Å². The number of likely N-dealkylation sites (N-methyl/N-ethyl adjacent to an activating group) is 1. The topological polar surface area (TPSA) is 29.1 Å². The standard InChI is InChI=1S/C10H18N2O/c1-12(2)8-4-3-5-9(12)7-11-10(13)6-8/h8-9H,3-7H2,1-2H3/p+1/t8-,9-/m1/s1. The quantitative estimate of drug-likeness (QED) is 0.545. The lowest BCUT2D eigenvalue weighted by atomic mass is 9.92. The summed E-state index contributed by atoms with van der Waals surface area (Å²) >= 11 is 0. The van der Waals surface area contributed by atoms with Crippen molar-refractivity contribution in [1.29, 1.82) is 0 Å². The third kappa shape index (κ3) is 1.46. The predicted octanol–water partition coefficient (Wildman–Crippen LogP) is 0.504. The molecule has 3 nitrogen and oxygen atoms in total. The molecular formula is C10H19N2O+. The van der Waals surface area contributed by atoms with Crippen LogP contribution >= 0.6 is 0 Å². The molecule has 0 aromatic rings. The van der Waals surface area contributed by atoms with Crippen molar-refractivity contribution < 1.29 is 9.28 Å². The Bertz CT molecular complexity index is 225. The van der Waals surface area contributed by atoms with E-state index in [0.717, 1.165) is 17.4 Å². The van der Waals surface area contributed by atoms with Gasteiger partial charge in [-0.15, -0.1) is 0 Å². The van der Waals surface area contributed by atoms with Gasteiger partial charge in [-0.25, -0.2) is 0 Å². The lowest BCUT2D eigenvalue weighted by molar-refractivity contribution is -0.941. The molecular weight excluding hydrogens is 164 g/mol. The first-order valence-corrected chi connectivity index (χ1v) is 5.21. The fraction of sp³-hybridized carbons (Fsp3) is 0.900. The van der Waals surface area contributed by atoms with Crippen LogP contribution in [0.15, 0.2) is 0 Å². The number of amides is 1. The third-order valence-corrected chi connectivity index (χ3v) is 3.91. The molecule has 13 heavy (non-hydrogen) atoms. The summed E-state index contributed by atoms with van der Waals surface area (Å²) in [6.07, 6.45) is 4.51. The van der Waals surface area contributed by atoms with Crippen molar-refractivity contribution >= 4 is 5.91 Å². The Kier molecular flexibility index (Phi) is 2.06. The van der Waals surface area contributed by atoms with Crippen molar-refractivity contribution in [3.05, 3.63) is 0 Å². The van der Waals surface area contributed by atoms with E-state index in [4.69, 9.17) is 0 Å². The molecule has 0 spiro atoms. The first-order valence-electron chi connectivity index (χ1n) is 5.21. The number of carbonyl (C=O) groups is 1. The number of nitrogens with one attached hydrogen (secondary N) is 1. The highest BCUT2D eigenvalue weighted by Gasteiger charge is 2.42. The lowest BCUT2D eigenvalue weighted by Gasteiger charge is -2.45. The Morgan fingerprint density at radius 3 is 2.77 bits per heavy atom. The van der Waals surface area contributed by atoms with E-state index in [9.17, 15) is 4.79 Å². The van der Waals surface area contributed by atoms with Crippen molar-refractivity contribution in [2.45, 2.75) is 37.8 Å². The number of quaternary nitrogens is 1. The second-order valence-electron chi connectivity index (χ2n) is 4.88. The highest BCUT2D eigenvalue weighted by molar-refractivity contribution is 5.76. The molecule has 0 saturated carbocycles. The van der Waals surface area contributed by atoms with Crippen molar-refractivity contribution in [1.82, 2.24) is 5.32 Å². The second kappa shape index (κ2) is 2.98. The SMILES string of the molecule is C[N+]1(C)[C@@H]2CCC[C@@H]1CC(=O)NC2. The van der Waals surface area contributed by atoms with E-state index in [2.05, 4.69) is 19.4 Å². The molecule has 0 unspecified atom stereocenters. The van der Waals surface area contributed by atoms with Crippen LogP contribution < -0.4 is 5.32 Å². The van der Waals surface area contributed by atoms with E-state index in [1.807, 2.05) is 0 Å². The van der Waals surface area contributed by atoms with Gasteiger partial charge in [-0.3, -0.25) is 4.79 Å². The molecule has 0 aromatic heterocycles. The van der Waals surface area contributed by atoms with Crippen LogP contribution in [-0.4, -0.2) is 43.1 Å². The van der Waals surface area contributed by atoms with Gasteiger partial charge in [0.05, 0.1) is 33.1 Å². The molecule has 2 fully saturated rings. The molecule has 74 valence electrons. The van der Waals surface area contributed by atoms with Gasteiger partial charge in [0.25, 0.3) is 0 Å². The van der Waals surface area contributed by atoms with Gasteiger partial charge in [0, 0.05) is 12.8 Å². The summed E-state index contributed by atoms with van der Waals surface area (Å²) in [5, 5.41) is 3.02. The zero-order valence-corrected chi connectivity index (χ0v) is 8.55. The van der Waals surface area contributed by atoms with Crippen LogP contribution in [0.25, 0.3) is 0 Å². The fourth-order valence-corrected chi connectivity index (χ4v) is 2.75. The minimum Gasteiger partial charge on any atom is -0.350 e. The number of carbonyl (C=O) groups excluding carboxylic acids is 1. The maximum atomic E-state index is 11.4. The van der Waals surface area contributed by atoms with Crippen LogP contribution in [0, 0.1) is 0 Å². The van der Waals surface area contributed by atoms with Crippen LogP contribution in [0.3, 0.4) is 0 Å². The molecule has 2 atom stereocenters. The lowest BCUT2D eigenvalue weighted by Crippen LogP contribution is -2.58. The number of hydrogen-bond donors (Lipinski definition) is 1.